The smallest absolute Gasteiger partial charge is 0.251 e. The molecular weight excluding hydrogens is 436 g/mol. The van der Waals surface area contributed by atoms with Crippen LogP contribution in [-0.2, 0) is 16.1 Å². The molecule has 1 aromatic heterocycles. The van der Waals surface area contributed by atoms with Crippen LogP contribution in [-0.4, -0.2) is 60.4 Å². The predicted octanol–water partition coefficient (Wildman–Crippen LogP) is 1.24. The predicted molar refractivity (Wildman–Crippen MR) is 127 cm³/mol. The van der Waals surface area contributed by atoms with Crippen molar-refractivity contribution in [3.05, 3.63) is 59.0 Å². The van der Waals surface area contributed by atoms with E-state index in [1.54, 1.807) is 37.3 Å². The number of ether oxygens (including phenoxy) is 1. The van der Waals surface area contributed by atoms with Gasteiger partial charge in [0.15, 0.2) is 11.5 Å². The molecule has 0 spiro atoms. The van der Waals surface area contributed by atoms with Crippen LogP contribution < -0.4 is 10.6 Å². The minimum Gasteiger partial charge on any atom is -0.451 e. The lowest BCUT2D eigenvalue weighted by Gasteiger charge is -2.19. The first kappa shape index (κ1) is 26.8. The third-order valence-corrected chi connectivity index (χ3v) is 4.69. The van der Waals surface area contributed by atoms with Crippen molar-refractivity contribution in [3.8, 4) is 23.7 Å². The standard InChI is InChI=1S/C26H30N2O6/c1-3-24(31)25(19(2)30)28-26(32)21-10-8-20(9-11-21)6-4-5-7-22-12-13-23(34-22)18-27-14-16-33-17-15-29/h8-13,19,25,27,29-30H,3,14-18H2,1-2H3,(H,28,32)/t19-,25-/m0/s1. The van der Waals surface area contributed by atoms with Crippen LogP contribution in [0.25, 0.3) is 0 Å². The summed E-state index contributed by atoms with van der Waals surface area (Å²) in [5, 5.41) is 24.1. The Balaban J connectivity index is 1.86. The number of Topliss-reactive ketones (excluding diaryl/α,β-unsaturated/α-hetero) is 1. The maximum atomic E-state index is 12.4. The zero-order chi connectivity index (χ0) is 24.8. The van der Waals surface area contributed by atoms with Crippen LogP contribution >= 0.6 is 0 Å². The summed E-state index contributed by atoms with van der Waals surface area (Å²) in [5.41, 5.74) is 1.04. The van der Waals surface area contributed by atoms with Gasteiger partial charge in [-0.2, -0.15) is 0 Å². The zero-order valence-corrected chi connectivity index (χ0v) is 19.4. The van der Waals surface area contributed by atoms with Crippen molar-refractivity contribution in [2.24, 2.45) is 0 Å². The number of aliphatic hydroxyl groups is 2. The molecule has 0 aliphatic rings. The van der Waals surface area contributed by atoms with E-state index in [0.717, 1.165) is 5.76 Å². The first-order chi connectivity index (χ1) is 16.4. The van der Waals surface area contributed by atoms with Gasteiger partial charge in [-0.3, -0.25) is 9.59 Å². The highest BCUT2D eigenvalue weighted by Gasteiger charge is 2.24. The molecule has 34 heavy (non-hydrogen) atoms. The number of amides is 1. The molecule has 0 aliphatic heterocycles. The summed E-state index contributed by atoms with van der Waals surface area (Å²) in [7, 11) is 0. The minimum absolute atomic E-state index is 0.0130. The molecule has 4 N–H and O–H groups in total. The van der Waals surface area contributed by atoms with Crippen LogP contribution in [0.1, 0.15) is 47.7 Å². The highest BCUT2D eigenvalue weighted by molar-refractivity contribution is 5.98. The van der Waals surface area contributed by atoms with Gasteiger partial charge in [0, 0.05) is 24.1 Å². The lowest BCUT2D eigenvalue weighted by atomic mass is 10.0. The van der Waals surface area contributed by atoms with Gasteiger partial charge < -0.3 is 30.0 Å². The van der Waals surface area contributed by atoms with E-state index in [1.165, 1.54) is 6.92 Å². The number of furan rings is 1. The fraction of sp³-hybridized carbons (Fsp3) is 0.385. The van der Waals surface area contributed by atoms with Crippen molar-refractivity contribution in [2.45, 2.75) is 39.0 Å². The largest absolute Gasteiger partial charge is 0.451 e. The molecule has 0 saturated heterocycles. The Labute approximate surface area is 199 Å². The Hall–Kier alpha value is -3.40. The average molecular weight is 467 g/mol. The highest BCUT2D eigenvalue weighted by Crippen LogP contribution is 2.07. The lowest BCUT2D eigenvalue weighted by Crippen LogP contribution is -2.47. The summed E-state index contributed by atoms with van der Waals surface area (Å²) in [6.45, 7) is 5.19. The second-order valence-corrected chi connectivity index (χ2v) is 7.37. The van der Waals surface area contributed by atoms with Crippen molar-refractivity contribution in [2.75, 3.05) is 26.4 Å². The number of benzene rings is 1. The monoisotopic (exact) mass is 466 g/mol. The van der Waals surface area contributed by atoms with Crippen LogP contribution in [0.4, 0.5) is 0 Å². The van der Waals surface area contributed by atoms with Crippen LogP contribution in [0.15, 0.2) is 40.8 Å². The first-order valence-corrected chi connectivity index (χ1v) is 11.1. The van der Waals surface area contributed by atoms with E-state index in [4.69, 9.17) is 14.3 Å². The van der Waals surface area contributed by atoms with E-state index < -0.39 is 18.1 Å². The molecule has 8 nitrogen and oxygen atoms in total. The zero-order valence-electron chi connectivity index (χ0n) is 19.4. The van der Waals surface area contributed by atoms with Crippen molar-refractivity contribution in [3.63, 3.8) is 0 Å². The van der Waals surface area contributed by atoms with Gasteiger partial charge in [-0.1, -0.05) is 12.8 Å². The Bertz CT molecular complexity index is 1050. The van der Waals surface area contributed by atoms with E-state index >= 15 is 0 Å². The maximum Gasteiger partial charge on any atom is 0.251 e. The minimum atomic E-state index is -0.974. The molecule has 2 atom stereocenters. The maximum absolute atomic E-state index is 12.4. The van der Waals surface area contributed by atoms with E-state index in [0.29, 0.717) is 43.2 Å². The van der Waals surface area contributed by atoms with Crippen LogP contribution in [0, 0.1) is 23.7 Å². The third kappa shape index (κ3) is 9.22. The van der Waals surface area contributed by atoms with Gasteiger partial charge in [-0.05, 0) is 61.1 Å². The molecule has 2 aromatic rings. The van der Waals surface area contributed by atoms with Crippen molar-refractivity contribution < 1.29 is 29.0 Å². The van der Waals surface area contributed by atoms with E-state index in [9.17, 15) is 14.7 Å². The number of hydrogen-bond donors (Lipinski definition) is 4. The molecule has 0 unspecified atom stereocenters. The van der Waals surface area contributed by atoms with E-state index in [-0.39, 0.29) is 18.8 Å². The Morgan fingerprint density at radius 2 is 1.82 bits per heavy atom. The molecule has 1 heterocycles. The number of hydrogen-bond acceptors (Lipinski definition) is 7. The molecule has 0 bridgehead atoms. The van der Waals surface area contributed by atoms with Gasteiger partial charge in [0.1, 0.15) is 11.8 Å². The normalized spacial score (nSPS) is 12.0. The van der Waals surface area contributed by atoms with Crippen molar-refractivity contribution >= 4 is 11.7 Å². The molecule has 2 rings (SSSR count). The van der Waals surface area contributed by atoms with Gasteiger partial charge in [0.2, 0.25) is 0 Å². The molecular formula is C26H30N2O6. The SMILES string of the molecule is CCC(=O)[C@@H](NC(=O)c1ccc(C#CC#Cc2ccc(CNCCOCCO)o2)cc1)[C@H](C)O. The first-order valence-electron chi connectivity index (χ1n) is 11.1. The molecule has 180 valence electrons. The van der Waals surface area contributed by atoms with Gasteiger partial charge in [-0.25, -0.2) is 0 Å². The number of carbonyl (C=O) groups excluding carboxylic acids is 2. The Kier molecular flexibility index (Phi) is 11.6. The summed E-state index contributed by atoms with van der Waals surface area (Å²) in [6, 6.07) is 9.24. The van der Waals surface area contributed by atoms with E-state index in [2.05, 4.69) is 34.3 Å². The second-order valence-electron chi connectivity index (χ2n) is 7.37. The van der Waals surface area contributed by atoms with Gasteiger partial charge >= 0.3 is 0 Å². The average Bonchev–Trinajstić information content (AvgIpc) is 3.29. The fourth-order valence-electron chi connectivity index (χ4n) is 2.88. The highest BCUT2D eigenvalue weighted by atomic mass is 16.5. The molecule has 8 heteroatoms. The summed E-state index contributed by atoms with van der Waals surface area (Å²) >= 11 is 0. The van der Waals surface area contributed by atoms with Crippen molar-refractivity contribution in [1.29, 1.82) is 0 Å². The summed E-state index contributed by atoms with van der Waals surface area (Å²) in [5.74, 6) is 11.8. The molecule has 1 aromatic carbocycles. The fourth-order valence-corrected chi connectivity index (χ4v) is 2.88. The third-order valence-electron chi connectivity index (χ3n) is 4.69. The van der Waals surface area contributed by atoms with Gasteiger partial charge in [-0.15, -0.1) is 0 Å². The number of carbonyl (C=O) groups is 2. The number of ketones is 1. The van der Waals surface area contributed by atoms with Crippen molar-refractivity contribution in [1.82, 2.24) is 10.6 Å². The van der Waals surface area contributed by atoms with Gasteiger partial charge in [0.25, 0.3) is 5.91 Å². The van der Waals surface area contributed by atoms with Gasteiger partial charge in [0.05, 0.1) is 32.5 Å². The summed E-state index contributed by atoms with van der Waals surface area (Å²) < 4.78 is 10.8. The van der Waals surface area contributed by atoms with Crippen LogP contribution in [0.5, 0.6) is 0 Å². The summed E-state index contributed by atoms with van der Waals surface area (Å²) in [6.07, 6.45) is -0.748. The second kappa shape index (κ2) is 14.7. The molecule has 0 fully saturated rings. The Morgan fingerprint density at radius 3 is 2.50 bits per heavy atom. The molecule has 0 aliphatic carbocycles. The van der Waals surface area contributed by atoms with Crippen LogP contribution in [0.2, 0.25) is 0 Å². The molecule has 0 saturated carbocycles. The number of nitrogens with one attached hydrogen (secondary N) is 2. The molecule has 1 amide bonds. The Morgan fingerprint density at radius 1 is 1.09 bits per heavy atom. The lowest BCUT2D eigenvalue weighted by molar-refractivity contribution is -0.122. The van der Waals surface area contributed by atoms with E-state index in [1.807, 2.05) is 6.07 Å². The molecule has 0 radical (unpaired) electrons. The summed E-state index contributed by atoms with van der Waals surface area (Å²) in [4.78, 5) is 24.3. The topological polar surface area (TPSA) is 121 Å². The quantitative estimate of drug-likeness (QED) is 0.274. The number of aliphatic hydroxyl groups excluding tert-OH is 2. The number of rotatable bonds is 12. The van der Waals surface area contributed by atoms with Crippen LogP contribution in [0.3, 0.4) is 0 Å².